The van der Waals surface area contributed by atoms with Gasteiger partial charge < -0.3 is 10.6 Å². The number of halogens is 2. The summed E-state index contributed by atoms with van der Waals surface area (Å²) in [6.45, 7) is 3.90. The van der Waals surface area contributed by atoms with Crippen LogP contribution in [0.4, 0.5) is 19.3 Å². The minimum Gasteiger partial charge on any atom is -0.331 e. The number of rotatable bonds is 6. The number of alkyl halides is 2. The molecule has 0 bridgehead atoms. The van der Waals surface area contributed by atoms with Crippen LogP contribution < -0.4 is 10.6 Å². The van der Waals surface area contributed by atoms with E-state index in [2.05, 4.69) is 10.6 Å². The molecule has 26 heavy (non-hydrogen) atoms. The molecule has 140 valence electrons. The summed E-state index contributed by atoms with van der Waals surface area (Å²) in [5.41, 5.74) is 1.03. The number of carbonyl (C=O) groups excluding carboxylic acids is 1. The third-order valence-corrected chi connectivity index (χ3v) is 5.15. The van der Waals surface area contributed by atoms with Crippen LogP contribution in [0.2, 0.25) is 0 Å². The van der Waals surface area contributed by atoms with Crippen LogP contribution in [0.3, 0.4) is 0 Å². The molecule has 2 N–H and O–H groups in total. The van der Waals surface area contributed by atoms with Crippen molar-refractivity contribution in [3.63, 3.8) is 0 Å². The van der Waals surface area contributed by atoms with Crippen molar-refractivity contribution in [2.24, 2.45) is 5.92 Å². The molecular weight excluding hydrogens is 362 g/mol. The average molecular weight is 382 g/mol. The van der Waals surface area contributed by atoms with E-state index >= 15 is 0 Å². The third-order valence-electron chi connectivity index (χ3n) is 3.77. The van der Waals surface area contributed by atoms with E-state index in [4.69, 9.17) is 0 Å². The van der Waals surface area contributed by atoms with Gasteiger partial charge >= 0.3 is 11.8 Å². The van der Waals surface area contributed by atoms with Gasteiger partial charge in [0.25, 0.3) is 0 Å². The second-order valence-corrected chi connectivity index (χ2v) is 7.98. The normalized spacial score (nSPS) is 12.8. The molecule has 0 spiro atoms. The number of urea groups is 1. The van der Waals surface area contributed by atoms with E-state index in [9.17, 15) is 22.0 Å². The van der Waals surface area contributed by atoms with Crippen molar-refractivity contribution in [2.45, 2.75) is 30.5 Å². The molecule has 0 aromatic heterocycles. The van der Waals surface area contributed by atoms with Gasteiger partial charge in [-0.2, -0.15) is 8.78 Å². The summed E-state index contributed by atoms with van der Waals surface area (Å²) in [5.74, 6) is -3.41. The van der Waals surface area contributed by atoms with Crippen molar-refractivity contribution >= 4 is 21.6 Å². The Morgan fingerprint density at radius 1 is 1.00 bits per heavy atom. The van der Waals surface area contributed by atoms with Crippen molar-refractivity contribution in [1.82, 2.24) is 5.32 Å². The molecule has 0 aliphatic rings. The standard InChI is InChI=1S/C18H20F2N2O3S/c1-12(2)16(13-7-4-3-5-8-13)22-18(23)21-14-9-6-10-15(11-14)26(24,25)17(19)20/h3-12,16-17H,1-2H3,(H2,21,22,23). The van der Waals surface area contributed by atoms with Crippen LogP contribution in [-0.2, 0) is 9.84 Å². The van der Waals surface area contributed by atoms with Gasteiger partial charge in [0.2, 0.25) is 9.84 Å². The quantitative estimate of drug-likeness (QED) is 0.786. The Kier molecular flexibility index (Phi) is 6.31. The number of anilines is 1. The Labute approximate surface area is 151 Å². The highest BCUT2D eigenvalue weighted by atomic mass is 32.2. The highest BCUT2D eigenvalue weighted by Crippen LogP contribution is 2.23. The Balaban J connectivity index is 2.15. The molecule has 0 radical (unpaired) electrons. The van der Waals surface area contributed by atoms with E-state index in [1.54, 1.807) is 0 Å². The fourth-order valence-corrected chi connectivity index (χ4v) is 3.22. The Morgan fingerprint density at radius 2 is 1.65 bits per heavy atom. The van der Waals surface area contributed by atoms with Crippen LogP contribution in [0.15, 0.2) is 59.5 Å². The lowest BCUT2D eigenvalue weighted by Gasteiger charge is -2.23. The summed E-state index contributed by atoms with van der Waals surface area (Å²) in [5, 5.41) is 5.30. The monoisotopic (exact) mass is 382 g/mol. The first-order valence-electron chi connectivity index (χ1n) is 7.96. The van der Waals surface area contributed by atoms with Gasteiger partial charge in [-0.25, -0.2) is 13.2 Å². The van der Waals surface area contributed by atoms with Crippen LogP contribution >= 0.6 is 0 Å². The maximum Gasteiger partial charge on any atom is 0.341 e. The highest BCUT2D eigenvalue weighted by Gasteiger charge is 2.27. The molecule has 2 amide bonds. The summed E-state index contributed by atoms with van der Waals surface area (Å²) < 4.78 is 48.4. The lowest BCUT2D eigenvalue weighted by Crippen LogP contribution is -2.35. The third kappa shape index (κ3) is 4.78. The fraction of sp³-hybridized carbons (Fsp3) is 0.278. The molecule has 2 rings (SSSR count). The van der Waals surface area contributed by atoms with Gasteiger partial charge in [0.1, 0.15) is 0 Å². The molecule has 0 aliphatic heterocycles. The zero-order valence-corrected chi connectivity index (χ0v) is 15.1. The van der Waals surface area contributed by atoms with Gasteiger partial charge in [0, 0.05) is 5.69 Å². The minimum absolute atomic E-state index is 0.105. The number of amides is 2. The van der Waals surface area contributed by atoms with Gasteiger partial charge in [0.05, 0.1) is 10.9 Å². The molecule has 8 heteroatoms. The van der Waals surface area contributed by atoms with Gasteiger partial charge in [0.15, 0.2) is 0 Å². The van der Waals surface area contributed by atoms with Crippen LogP contribution in [0.5, 0.6) is 0 Å². The van der Waals surface area contributed by atoms with Crippen molar-refractivity contribution in [2.75, 3.05) is 5.32 Å². The molecule has 5 nitrogen and oxygen atoms in total. The number of benzene rings is 2. The SMILES string of the molecule is CC(C)C(NC(=O)Nc1cccc(S(=O)(=O)C(F)F)c1)c1ccccc1. The Bertz CT molecular complexity index is 856. The smallest absolute Gasteiger partial charge is 0.331 e. The van der Waals surface area contributed by atoms with E-state index in [0.717, 1.165) is 17.7 Å². The lowest BCUT2D eigenvalue weighted by atomic mass is 9.96. The fourth-order valence-electron chi connectivity index (χ4n) is 2.46. The second-order valence-electron chi connectivity index (χ2n) is 6.06. The largest absolute Gasteiger partial charge is 0.341 e. The predicted octanol–water partition coefficient (Wildman–Crippen LogP) is 4.20. The van der Waals surface area contributed by atoms with Crippen LogP contribution in [0.1, 0.15) is 25.5 Å². The summed E-state index contributed by atoms with van der Waals surface area (Å²) >= 11 is 0. The van der Waals surface area contributed by atoms with E-state index < -0.39 is 26.5 Å². The molecule has 0 heterocycles. The molecule has 0 aliphatic carbocycles. The number of nitrogens with one attached hydrogen (secondary N) is 2. The number of hydrogen-bond acceptors (Lipinski definition) is 3. The minimum atomic E-state index is -4.72. The summed E-state index contributed by atoms with van der Waals surface area (Å²) in [4.78, 5) is 11.7. The first-order valence-corrected chi connectivity index (χ1v) is 9.51. The first kappa shape index (κ1) is 19.8. The Morgan fingerprint density at radius 3 is 2.23 bits per heavy atom. The topological polar surface area (TPSA) is 75.3 Å². The molecular formula is C18H20F2N2O3S. The molecule has 0 saturated heterocycles. The molecule has 2 aromatic carbocycles. The number of sulfone groups is 1. The number of hydrogen-bond donors (Lipinski definition) is 2. The summed E-state index contributed by atoms with van der Waals surface area (Å²) in [6, 6.07) is 13.4. The zero-order valence-electron chi connectivity index (χ0n) is 14.3. The van der Waals surface area contributed by atoms with Crippen LogP contribution in [-0.4, -0.2) is 20.2 Å². The van der Waals surface area contributed by atoms with Crippen molar-refractivity contribution in [1.29, 1.82) is 0 Å². The van der Waals surface area contributed by atoms with E-state index in [-0.39, 0.29) is 17.6 Å². The van der Waals surface area contributed by atoms with Crippen molar-refractivity contribution in [3.05, 3.63) is 60.2 Å². The number of carbonyl (C=O) groups is 1. The predicted molar refractivity (Wildman–Crippen MR) is 95.8 cm³/mol. The van der Waals surface area contributed by atoms with Crippen molar-refractivity contribution in [3.8, 4) is 0 Å². The summed E-state index contributed by atoms with van der Waals surface area (Å²) in [7, 11) is -4.72. The molecule has 0 saturated carbocycles. The van der Waals surface area contributed by atoms with Gasteiger partial charge in [-0.1, -0.05) is 50.2 Å². The van der Waals surface area contributed by atoms with Crippen molar-refractivity contribution < 1.29 is 22.0 Å². The van der Waals surface area contributed by atoms with Gasteiger partial charge in [-0.05, 0) is 29.7 Å². The van der Waals surface area contributed by atoms with E-state index in [1.807, 2.05) is 44.2 Å². The van der Waals surface area contributed by atoms with E-state index in [1.165, 1.54) is 12.1 Å². The molecule has 0 fully saturated rings. The Hall–Kier alpha value is -2.48. The van der Waals surface area contributed by atoms with E-state index in [0.29, 0.717) is 0 Å². The van der Waals surface area contributed by atoms with Crippen LogP contribution in [0, 0.1) is 5.92 Å². The van der Waals surface area contributed by atoms with Crippen LogP contribution in [0.25, 0.3) is 0 Å². The molecule has 1 unspecified atom stereocenters. The van der Waals surface area contributed by atoms with Gasteiger partial charge in [-0.15, -0.1) is 0 Å². The average Bonchev–Trinajstić information content (AvgIpc) is 2.60. The maximum atomic E-state index is 12.7. The van der Waals surface area contributed by atoms with Gasteiger partial charge in [-0.3, -0.25) is 0 Å². The zero-order chi connectivity index (χ0) is 19.3. The second kappa shape index (κ2) is 8.27. The first-order chi connectivity index (χ1) is 12.2. The highest BCUT2D eigenvalue weighted by molar-refractivity contribution is 7.91. The summed E-state index contributed by atoms with van der Waals surface area (Å²) in [6.07, 6.45) is 0. The molecule has 2 aromatic rings. The molecule has 1 atom stereocenters. The maximum absolute atomic E-state index is 12.7. The lowest BCUT2D eigenvalue weighted by molar-refractivity contribution is 0.235.